The summed E-state index contributed by atoms with van der Waals surface area (Å²) in [7, 11) is 0. The van der Waals surface area contributed by atoms with Crippen LogP contribution in [0.25, 0.3) is 0 Å². The molecule has 3 nitrogen and oxygen atoms in total. The van der Waals surface area contributed by atoms with Gasteiger partial charge in [-0.15, -0.1) is 0 Å². The largest absolute Gasteiger partial charge is 0.375 e. The second-order valence-corrected chi connectivity index (χ2v) is 3.82. The summed E-state index contributed by atoms with van der Waals surface area (Å²) >= 11 is 0. The number of nitrogens with zero attached hydrogens (tertiary/aromatic N) is 1. The number of hydrogen-bond acceptors (Lipinski definition) is 3. The molecule has 0 spiro atoms. The first-order chi connectivity index (χ1) is 5.90. The summed E-state index contributed by atoms with van der Waals surface area (Å²) in [5.74, 6) is 0. The molecule has 3 rings (SSSR count). The van der Waals surface area contributed by atoms with E-state index in [1.54, 1.807) is 0 Å². The molecule has 0 amide bonds. The second kappa shape index (κ2) is 3.73. The molecule has 0 aromatic heterocycles. The van der Waals surface area contributed by atoms with Gasteiger partial charge in [0.25, 0.3) is 0 Å². The molecule has 70 valence electrons. The summed E-state index contributed by atoms with van der Waals surface area (Å²) < 4.78 is 5.70. The molecule has 0 radical (unpaired) electrons. The van der Waals surface area contributed by atoms with Gasteiger partial charge in [-0.2, -0.15) is 0 Å². The highest BCUT2D eigenvalue weighted by atomic mass is 16.5. The topological polar surface area (TPSA) is 38.5 Å². The van der Waals surface area contributed by atoms with Crippen LogP contribution in [0.3, 0.4) is 0 Å². The van der Waals surface area contributed by atoms with Crippen LogP contribution in [0.4, 0.5) is 0 Å². The molecular weight excluding hydrogens is 152 g/mol. The lowest BCUT2D eigenvalue weighted by Gasteiger charge is -2.36. The fourth-order valence-electron chi connectivity index (χ4n) is 2.28. The van der Waals surface area contributed by atoms with Crippen LogP contribution in [0.1, 0.15) is 19.3 Å². The first-order valence-corrected chi connectivity index (χ1v) is 4.96. The van der Waals surface area contributed by atoms with Crippen LogP contribution >= 0.6 is 0 Å². The molecule has 0 aromatic carbocycles. The average molecular weight is 170 g/mol. The Morgan fingerprint density at radius 1 is 1.42 bits per heavy atom. The van der Waals surface area contributed by atoms with Crippen molar-refractivity contribution in [3.63, 3.8) is 0 Å². The fourth-order valence-corrected chi connectivity index (χ4v) is 2.28. The predicted molar refractivity (Wildman–Crippen MR) is 48.0 cm³/mol. The van der Waals surface area contributed by atoms with Crippen LogP contribution in [-0.4, -0.2) is 43.3 Å². The lowest BCUT2D eigenvalue weighted by Crippen LogP contribution is -2.48. The molecule has 3 fully saturated rings. The first kappa shape index (κ1) is 8.48. The van der Waals surface area contributed by atoms with Crippen molar-refractivity contribution in [2.45, 2.75) is 31.4 Å². The van der Waals surface area contributed by atoms with E-state index in [0.717, 1.165) is 26.2 Å². The zero-order valence-electron chi connectivity index (χ0n) is 7.54. The highest BCUT2D eigenvalue weighted by Crippen LogP contribution is 2.24. The zero-order valence-corrected chi connectivity index (χ0v) is 7.54. The van der Waals surface area contributed by atoms with Gasteiger partial charge in [0.15, 0.2) is 0 Å². The van der Waals surface area contributed by atoms with Crippen molar-refractivity contribution in [1.82, 2.24) is 4.90 Å². The van der Waals surface area contributed by atoms with E-state index in [2.05, 4.69) is 4.90 Å². The maximum absolute atomic E-state index is 5.70. The van der Waals surface area contributed by atoms with Crippen molar-refractivity contribution in [3.8, 4) is 0 Å². The molecule has 2 unspecified atom stereocenters. The lowest BCUT2D eigenvalue weighted by molar-refractivity contribution is -0.0484. The van der Waals surface area contributed by atoms with Crippen molar-refractivity contribution >= 4 is 0 Å². The number of ether oxygens (including phenoxy) is 1. The predicted octanol–water partition coefficient (Wildman–Crippen LogP) is 0.198. The molecular formula is C9H18N2O. The van der Waals surface area contributed by atoms with Gasteiger partial charge in [-0.25, -0.2) is 0 Å². The van der Waals surface area contributed by atoms with Gasteiger partial charge in [-0.1, -0.05) is 0 Å². The maximum atomic E-state index is 5.70. The Balaban J connectivity index is 1.97. The monoisotopic (exact) mass is 170 g/mol. The summed E-state index contributed by atoms with van der Waals surface area (Å²) in [5, 5.41) is 0. The Hall–Kier alpha value is -0.120. The quantitative estimate of drug-likeness (QED) is 0.643. The first-order valence-electron chi connectivity index (χ1n) is 4.96. The summed E-state index contributed by atoms with van der Waals surface area (Å²) in [6.45, 7) is 3.88. The van der Waals surface area contributed by atoms with Crippen molar-refractivity contribution < 1.29 is 4.74 Å². The Kier molecular flexibility index (Phi) is 2.63. The number of rotatable bonds is 2. The molecule has 0 aromatic rings. The van der Waals surface area contributed by atoms with Crippen LogP contribution < -0.4 is 5.73 Å². The SMILES string of the molecule is NCCN1CC2CCCC1CO2. The van der Waals surface area contributed by atoms with Crippen molar-refractivity contribution in [3.05, 3.63) is 0 Å². The van der Waals surface area contributed by atoms with Gasteiger partial charge >= 0.3 is 0 Å². The van der Waals surface area contributed by atoms with Gasteiger partial charge in [0.1, 0.15) is 0 Å². The summed E-state index contributed by atoms with van der Waals surface area (Å²) in [6.07, 6.45) is 4.38. The highest BCUT2D eigenvalue weighted by molar-refractivity contribution is 4.84. The Labute approximate surface area is 73.9 Å². The fraction of sp³-hybridized carbons (Fsp3) is 1.00. The Bertz CT molecular complexity index is 147. The van der Waals surface area contributed by atoms with Crippen molar-refractivity contribution in [1.29, 1.82) is 0 Å². The van der Waals surface area contributed by atoms with Gasteiger partial charge in [-0.3, -0.25) is 4.90 Å². The van der Waals surface area contributed by atoms with Crippen LogP contribution in [0.5, 0.6) is 0 Å². The van der Waals surface area contributed by atoms with Gasteiger partial charge in [-0.05, 0) is 19.3 Å². The molecule has 0 saturated carbocycles. The van der Waals surface area contributed by atoms with Crippen molar-refractivity contribution in [2.75, 3.05) is 26.2 Å². The smallest absolute Gasteiger partial charge is 0.0702 e. The maximum Gasteiger partial charge on any atom is 0.0702 e. The normalized spacial score (nSPS) is 36.8. The van der Waals surface area contributed by atoms with Crippen molar-refractivity contribution in [2.24, 2.45) is 5.73 Å². The average Bonchev–Trinajstić information content (AvgIpc) is 2.39. The van der Waals surface area contributed by atoms with Crippen LogP contribution in [0.15, 0.2) is 0 Å². The van der Waals surface area contributed by atoms with E-state index < -0.39 is 0 Å². The molecule has 3 aliphatic heterocycles. The third-order valence-electron chi connectivity index (χ3n) is 2.96. The minimum Gasteiger partial charge on any atom is -0.375 e. The number of nitrogens with two attached hydrogens (primary N) is 1. The minimum absolute atomic E-state index is 0.496. The molecule has 3 heteroatoms. The van der Waals surface area contributed by atoms with Crippen LogP contribution in [-0.2, 0) is 4.74 Å². The minimum atomic E-state index is 0.496. The molecule has 3 aliphatic rings. The number of morpholine rings is 1. The molecule has 2 N–H and O–H groups in total. The highest BCUT2D eigenvalue weighted by Gasteiger charge is 2.31. The third-order valence-corrected chi connectivity index (χ3v) is 2.96. The Morgan fingerprint density at radius 3 is 3.17 bits per heavy atom. The lowest BCUT2D eigenvalue weighted by atomic mass is 10.1. The van der Waals surface area contributed by atoms with E-state index in [1.165, 1.54) is 19.3 Å². The van der Waals surface area contributed by atoms with Gasteiger partial charge < -0.3 is 10.5 Å². The van der Waals surface area contributed by atoms with Gasteiger partial charge in [0, 0.05) is 25.7 Å². The van der Waals surface area contributed by atoms with E-state index in [4.69, 9.17) is 10.5 Å². The van der Waals surface area contributed by atoms with Crippen LogP contribution in [0.2, 0.25) is 0 Å². The summed E-state index contributed by atoms with van der Waals surface area (Å²) in [4.78, 5) is 2.50. The summed E-state index contributed by atoms with van der Waals surface area (Å²) in [6, 6.07) is 0.660. The van der Waals surface area contributed by atoms with E-state index >= 15 is 0 Å². The molecule has 2 atom stereocenters. The standard InChI is InChI=1S/C9H18N2O/c10-4-5-11-6-9-3-1-2-8(11)7-12-9/h8-9H,1-7,10H2. The second-order valence-electron chi connectivity index (χ2n) is 3.82. The molecule has 12 heavy (non-hydrogen) atoms. The van der Waals surface area contributed by atoms with Gasteiger partial charge in [0.2, 0.25) is 0 Å². The van der Waals surface area contributed by atoms with E-state index in [9.17, 15) is 0 Å². The zero-order chi connectivity index (χ0) is 8.39. The molecule has 3 heterocycles. The van der Waals surface area contributed by atoms with E-state index in [1.807, 2.05) is 0 Å². The van der Waals surface area contributed by atoms with Crippen LogP contribution in [0, 0.1) is 0 Å². The van der Waals surface area contributed by atoms with Gasteiger partial charge in [0.05, 0.1) is 12.7 Å². The molecule has 3 saturated heterocycles. The molecule has 0 aliphatic carbocycles. The third kappa shape index (κ3) is 1.63. The Morgan fingerprint density at radius 2 is 2.33 bits per heavy atom. The number of fused-ring (bicyclic) bond motifs is 4. The van der Waals surface area contributed by atoms with E-state index in [-0.39, 0.29) is 0 Å². The molecule has 2 bridgehead atoms. The summed E-state index contributed by atoms with van der Waals surface area (Å²) in [5.41, 5.74) is 5.56. The number of hydrogen-bond donors (Lipinski definition) is 1. The van der Waals surface area contributed by atoms with E-state index in [0.29, 0.717) is 12.1 Å².